The maximum atomic E-state index is 13.5. The summed E-state index contributed by atoms with van der Waals surface area (Å²) >= 11 is 5.66. The van der Waals surface area contributed by atoms with Gasteiger partial charge in [-0.25, -0.2) is 8.78 Å². The first-order valence-corrected chi connectivity index (χ1v) is 11.3. The van der Waals surface area contributed by atoms with Crippen molar-refractivity contribution in [1.82, 2.24) is 4.90 Å². The third-order valence-corrected chi connectivity index (χ3v) is 6.13. The Balaban J connectivity index is 1.55. The minimum atomic E-state index is -0.828. The smallest absolute Gasteiger partial charge is 0.256 e. The van der Waals surface area contributed by atoms with E-state index in [1.54, 1.807) is 48.4 Å². The van der Waals surface area contributed by atoms with Crippen molar-refractivity contribution < 1.29 is 23.1 Å². The lowest BCUT2D eigenvalue weighted by Gasteiger charge is -2.24. The van der Waals surface area contributed by atoms with E-state index in [1.165, 1.54) is 41.3 Å². The molecule has 0 spiro atoms. The van der Waals surface area contributed by atoms with Crippen LogP contribution in [0.2, 0.25) is 0 Å². The Morgan fingerprint density at radius 2 is 1.57 bits per heavy atom. The number of thiocarbonyl (C=S) groups is 1. The van der Waals surface area contributed by atoms with Crippen molar-refractivity contribution in [3.8, 4) is 5.75 Å². The van der Waals surface area contributed by atoms with Crippen LogP contribution in [-0.4, -0.2) is 41.5 Å². The lowest BCUT2D eigenvalue weighted by molar-refractivity contribution is -0.124. The van der Waals surface area contributed by atoms with Crippen molar-refractivity contribution in [2.45, 2.75) is 18.9 Å². The SMILES string of the molecule is COc1ccc(N2C(=O)C(CC(=O)Nc3ccc(F)cc3)N(CCc3ccc(F)cc3)C2=S)cc1. The zero-order valence-corrected chi connectivity index (χ0v) is 19.7. The molecule has 1 heterocycles. The van der Waals surface area contributed by atoms with E-state index >= 15 is 0 Å². The summed E-state index contributed by atoms with van der Waals surface area (Å²) in [6.07, 6.45) is 0.354. The summed E-state index contributed by atoms with van der Waals surface area (Å²) in [5.74, 6) is -0.840. The van der Waals surface area contributed by atoms with E-state index in [4.69, 9.17) is 17.0 Å². The molecular weight excluding hydrogens is 472 g/mol. The fourth-order valence-electron chi connectivity index (χ4n) is 3.88. The zero-order valence-electron chi connectivity index (χ0n) is 18.9. The predicted molar refractivity (Wildman–Crippen MR) is 133 cm³/mol. The Labute approximate surface area is 207 Å². The third kappa shape index (κ3) is 5.63. The molecule has 6 nitrogen and oxygen atoms in total. The molecule has 1 fully saturated rings. The van der Waals surface area contributed by atoms with Gasteiger partial charge in [-0.15, -0.1) is 0 Å². The highest BCUT2D eigenvalue weighted by Crippen LogP contribution is 2.29. The third-order valence-electron chi connectivity index (χ3n) is 5.71. The fourth-order valence-corrected chi connectivity index (χ4v) is 4.29. The summed E-state index contributed by atoms with van der Waals surface area (Å²) in [5.41, 5.74) is 1.86. The molecule has 180 valence electrons. The summed E-state index contributed by atoms with van der Waals surface area (Å²) < 4.78 is 31.7. The number of carbonyl (C=O) groups excluding carboxylic acids is 2. The second-order valence-electron chi connectivity index (χ2n) is 8.00. The number of nitrogens with zero attached hydrogens (tertiary/aromatic N) is 2. The summed E-state index contributed by atoms with van der Waals surface area (Å²) in [4.78, 5) is 29.4. The first kappa shape index (κ1) is 24.3. The zero-order chi connectivity index (χ0) is 24.9. The van der Waals surface area contributed by atoms with E-state index in [0.29, 0.717) is 30.1 Å². The molecule has 0 aliphatic carbocycles. The van der Waals surface area contributed by atoms with Gasteiger partial charge in [-0.05, 0) is 84.9 Å². The average Bonchev–Trinajstić information content (AvgIpc) is 3.08. The van der Waals surface area contributed by atoms with E-state index < -0.39 is 17.8 Å². The summed E-state index contributed by atoms with van der Waals surface area (Å²) in [6.45, 7) is 0.358. The number of anilines is 2. The summed E-state index contributed by atoms with van der Waals surface area (Å²) in [7, 11) is 1.55. The summed E-state index contributed by atoms with van der Waals surface area (Å²) in [6, 6.07) is 17.6. The van der Waals surface area contributed by atoms with E-state index in [0.717, 1.165) is 5.56 Å². The maximum absolute atomic E-state index is 13.5. The Bertz CT molecular complexity index is 1220. The van der Waals surface area contributed by atoms with Gasteiger partial charge in [0.25, 0.3) is 5.91 Å². The molecule has 0 radical (unpaired) electrons. The van der Waals surface area contributed by atoms with Gasteiger partial charge in [0.15, 0.2) is 5.11 Å². The van der Waals surface area contributed by atoms with Gasteiger partial charge in [0.05, 0.1) is 19.2 Å². The van der Waals surface area contributed by atoms with Crippen LogP contribution in [0.5, 0.6) is 5.75 Å². The van der Waals surface area contributed by atoms with Crippen LogP contribution in [0.25, 0.3) is 0 Å². The van der Waals surface area contributed by atoms with E-state index in [2.05, 4.69) is 5.32 Å². The van der Waals surface area contributed by atoms with Gasteiger partial charge >= 0.3 is 0 Å². The molecule has 1 N–H and O–H groups in total. The molecule has 1 unspecified atom stereocenters. The highest BCUT2D eigenvalue weighted by Gasteiger charge is 2.43. The second kappa shape index (κ2) is 10.6. The number of hydrogen-bond acceptors (Lipinski definition) is 4. The molecule has 1 aliphatic heterocycles. The Morgan fingerprint density at radius 3 is 2.17 bits per heavy atom. The molecular formula is C26H23F2N3O3S. The van der Waals surface area contributed by atoms with Crippen molar-refractivity contribution in [1.29, 1.82) is 0 Å². The van der Waals surface area contributed by atoms with Crippen LogP contribution in [0.15, 0.2) is 72.8 Å². The van der Waals surface area contributed by atoms with Crippen molar-refractivity contribution in [2.75, 3.05) is 23.9 Å². The molecule has 0 saturated carbocycles. The van der Waals surface area contributed by atoms with E-state index in [-0.39, 0.29) is 23.3 Å². The first-order chi connectivity index (χ1) is 16.9. The van der Waals surface area contributed by atoms with Crippen LogP contribution in [0, 0.1) is 11.6 Å². The number of amides is 2. The molecule has 1 saturated heterocycles. The van der Waals surface area contributed by atoms with Gasteiger partial charge in [0.1, 0.15) is 23.4 Å². The molecule has 4 rings (SSSR count). The normalized spacial score (nSPS) is 15.5. The molecule has 1 atom stereocenters. The largest absolute Gasteiger partial charge is 0.497 e. The Morgan fingerprint density at radius 1 is 0.971 bits per heavy atom. The van der Waals surface area contributed by atoms with Crippen LogP contribution in [0.3, 0.4) is 0 Å². The van der Waals surface area contributed by atoms with Gasteiger partial charge < -0.3 is 15.0 Å². The molecule has 9 heteroatoms. The molecule has 0 bridgehead atoms. The van der Waals surface area contributed by atoms with Crippen LogP contribution < -0.4 is 15.0 Å². The molecule has 3 aromatic carbocycles. The maximum Gasteiger partial charge on any atom is 0.256 e. The number of benzene rings is 3. The average molecular weight is 496 g/mol. The molecule has 1 aliphatic rings. The van der Waals surface area contributed by atoms with Gasteiger partial charge in [-0.3, -0.25) is 14.5 Å². The van der Waals surface area contributed by atoms with Gasteiger partial charge in [0.2, 0.25) is 5.91 Å². The minimum absolute atomic E-state index is 0.146. The quantitative estimate of drug-likeness (QED) is 0.465. The number of halogens is 2. The molecule has 35 heavy (non-hydrogen) atoms. The number of ether oxygens (including phenoxy) is 1. The summed E-state index contributed by atoms with van der Waals surface area (Å²) in [5, 5.41) is 2.98. The van der Waals surface area contributed by atoms with Crippen LogP contribution in [0.1, 0.15) is 12.0 Å². The highest BCUT2D eigenvalue weighted by atomic mass is 32.1. The van der Waals surface area contributed by atoms with Crippen molar-refractivity contribution in [3.05, 3.63) is 90.0 Å². The lowest BCUT2D eigenvalue weighted by atomic mass is 10.1. The number of carbonyl (C=O) groups is 2. The predicted octanol–water partition coefficient (Wildman–Crippen LogP) is 4.55. The topological polar surface area (TPSA) is 61.9 Å². The van der Waals surface area contributed by atoms with Crippen LogP contribution >= 0.6 is 12.2 Å². The van der Waals surface area contributed by atoms with Crippen molar-refractivity contribution >= 4 is 40.5 Å². The number of hydrogen-bond donors (Lipinski definition) is 1. The highest BCUT2D eigenvalue weighted by molar-refractivity contribution is 7.80. The number of nitrogens with one attached hydrogen (secondary N) is 1. The fraction of sp³-hybridized carbons (Fsp3) is 0.192. The van der Waals surface area contributed by atoms with Crippen molar-refractivity contribution in [3.63, 3.8) is 0 Å². The monoisotopic (exact) mass is 495 g/mol. The Hall–Kier alpha value is -3.85. The molecule has 2 amide bonds. The van der Waals surface area contributed by atoms with E-state index in [1.807, 2.05) is 0 Å². The van der Waals surface area contributed by atoms with Crippen LogP contribution in [-0.2, 0) is 16.0 Å². The first-order valence-electron chi connectivity index (χ1n) is 10.9. The van der Waals surface area contributed by atoms with Gasteiger partial charge in [-0.2, -0.15) is 0 Å². The van der Waals surface area contributed by atoms with Crippen molar-refractivity contribution in [2.24, 2.45) is 0 Å². The Kier molecular flexibility index (Phi) is 7.36. The minimum Gasteiger partial charge on any atom is -0.497 e. The standard InChI is InChI=1S/C26H23F2N3O3S/c1-34-22-12-10-21(11-13-22)31-25(33)23(16-24(32)29-20-8-6-19(28)7-9-20)30(26(31)35)15-14-17-2-4-18(27)5-3-17/h2-13,23H,14-16H2,1H3,(H,29,32). The molecule has 3 aromatic rings. The molecule has 0 aromatic heterocycles. The lowest BCUT2D eigenvalue weighted by Crippen LogP contribution is -2.39. The number of methoxy groups -OCH3 is 1. The van der Waals surface area contributed by atoms with E-state index in [9.17, 15) is 18.4 Å². The van der Waals surface area contributed by atoms with Crippen LogP contribution in [0.4, 0.5) is 20.2 Å². The second-order valence-corrected chi connectivity index (χ2v) is 8.36. The van der Waals surface area contributed by atoms with Gasteiger partial charge in [-0.1, -0.05) is 12.1 Å². The van der Waals surface area contributed by atoms with Gasteiger partial charge in [0, 0.05) is 12.2 Å². The number of rotatable bonds is 8.